The lowest BCUT2D eigenvalue weighted by atomic mass is 9.99. The number of rotatable bonds is 8. The van der Waals surface area contributed by atoms with E-state index in [1.807, 2.05) is 6.07 Å². The van der Waals surface area contributed by atoms with Crippen LogP contribution in [0.15, 0.2) is 12.3 Å². The van der Waals surface area contributed by atoms with Crippen LogP contribution in [0.1, 0.15) is 54.2 Å². The summed E-state index contributed by atoms with van der Waals surface area (Å²) in [6.07, 6.45) is 6.74. The number of pyridine rings is 1. The van der Waals surface area contributed by atoms with Gasteiger partial charge in [0.1, 0.15) is 0 Å². The number of aromatic nitrogens is 1. The van der Waals surface area contributed by atoms with E-state index in [1.165, 1.54) is 12.6 Å². The summed E-state index contributed by atoms with van der Waals surface area (Å²) in [6, 6.07) is 1.82. The number of fused-ring (bicyclic) bond motifs is 1. The number of carbonyl (C=O) groups excluding carboxylic acids is 1. The second kappa shape index (κ2) is 8.96. The highest BCUT2D eigenvalue weighted by Gasteiger charge is 2.19. The number of hydrogen-bond acceptors (Lipinski definition) is 5. The van der Waals surface area contributed by atoms with Crippen molar-refractivity contribution >= 4 is 5.91 Å². The van der Waals surface area contributed by atoms with Gasteiger partial charge in [0.2, 0.25) is 0 Å². The molecule has 3 N–H and O–H groups in total. The van der Waals surface area contributed by atoms with Gasteiger partial charge in [-0.15, -0.1) is 0 Å². The maximum Gasteiger partial charge on any atom is 0.276 e. The molecule has 1 aromatic rings. The zero-order valence-corrected chi connectivity index (χ0v) is 13.8. The highest BCUT2D eigenvalue weighted by Crippen LogP contribution is 2.19. The minimum absolute atomic E-state index is 0.287. The molecule has 0 saturated heterocycles. The molecular formula is C17H27N3O3. The van der Waals surface area contributed by atoms with E-state index in [-0.39, 0.29) is 6.61 Å². The van der Waals surface area contributed by atoms with E-state index in [2.05, 4.69) is 16.8 Å². The average molecular weight is 321 g/mol. The van der Waals surface area contributed by atoms with Crippen molar-refractivity contribution in [2.45, 2.75) is 45.6 Å². The van der Waals surface area contributed by atoms with Crippen molar-refractivity contribution < 1.29 is 15.1 Å². The molecule has 0 saturated carbocycles. The largest absolute Gasteiger partial charge is 0.396 e. The van der Waals surface area contributed by atoms with E-state index < -0.39 is 5.91 Å². The molecular weight excluding hydrogens is 294 g/mol. The van der Waals surface area contributed by atoms with Crippen molar-refractivity contribution in [3.05, 3.63) is 29.1 Å². The molecule has 1 unspecified atom stereocenters. The Bertz CT molecular complexity index is 522. The molecule has 1 amide bonds. The summed E-state index contributed by atoms with van der Waals surface area (Å²) in [5.74, 6) is 0.150. The predicted molar refractivity (Wildman–Crippen MR) is 87.2 cm³/mol. The lowest BCUT2D eigenvalue weighted by Gasteiger charge is -2.28. The van der Waals surface area contributed by atoms with E-state index >= 15 is 0 Å². The number of nitrogens with zero attached hydrogens (tertiary/aromatic N) is 2. The molecule has 2 heterocycles. The van der Waals surface area contributed by atoms with Crippen molar-refractivity contribution in [2.24, 2.45) is 5.92 Å². The first-order chi connectivity index (χ1) is 11.1. The van der Waals surface area contributed by atoms with E-state index in [9.17, 15) is 4.79 Å². The molecule has 1 aliphatic heterocycles. The number of amides is 1. The molecule has 23 heavy (non-hydrogen) atoms. The first-order valence-corrected chi connectivity index (χ1v) is 8.39. The summed E-state index contributed by atoms with van der Waals surface area (Å²) in [6.45, 7) is 5.39. The molecule has 0 spiro atoms. The number of nitrogens with one attached hydrogen (secondary N) is 1. The zero-order valence-electron chi connectivity index (χ0n) is 13.8. The molecule has 6 nitrogen and oxygen atoms in total. The smallest absolute Gasteiger partial charge is 0.276 e. The van der Waals surface area contributed by atoms with Crippen molar-refractivity contribution in [3.63, 3.8) is 0 Å². The molecule has 128 valence electrons. The van der Waals surface area contributed by atoms with Gasteiger partial charge in [0.05, 0.1) is 11.3 Å². The Morgan fingerprint density at radius 1 is 1.43 bits per heavy atom. The van der Waals surface area contributed by atoms with Gasteiger partial charge in [-0.25, -0.2) is 5.48 Å². The minimum atomic E-state index is -0.514. The Labute approximate surface area is 137 Å². The van der Waals surface area contributed by atoms with Gasteiger partial charge >= 0.3 is 0 Å². The predicted octanol–water partition coefficient (Wildman–Crippen LogP) is 1.75. The molecule has 0 aromatic carbocycles. The first-order valence-electron chi connectivity index (χ1n) is 8.39. The van der Waals surface area contributed by atoms with E-state index in [0.29, 0.717) is 11.5 Å². The average Bonchev–Trinajstić information content (AvgIpc) is 2.58. The standard InChI is InChI=1S/C17H27N3O3/c1-13(5-3-9-21)4-2-7-20-8-6-14-10-15(17(22)19-23)11-18-16(14)12-20/h10-11,13,21,23H,2-9,12H2,1H3,(H,19,22). The number of aliphatic hydroxyl groups is 1. The van der Waals surface area contributed by atoms with Gasteiger partial charge in [-0.2, -0.15) is 0 Å². The fraction of sp³-hybridized carbons (Fsp3) is 0.647. The molecule has 0 fully saturated rings. The summed E-state index contributed by atoms with van der Waals surface area (Å²) < 4.78 is 0. The molecule has 1 aliphatic rings. The molecule has 0 bridgehead atoms. The molecule has 6 heteroatoms. The van der Waals surface area contributed by atoms with Gasteiger partial charge in [0.25, 0.3) is 5.91 Å². The molecule has 2 rings (SSSR count). The Balaban J connectivity index is 1.80. The number of hydrogen-bond donors (Lipinski definition) is 3. The third kappa shape index (κ3) is 5.27. The highest BCUT2D eigenvalue weighted by molar-refractivity contribution is 5.93. The van der Waals surface area contributed by atoms with Crippen LogP contribution in [0.5, 0.6) is 0 Å². The van der Waals surface area contributed by atoms with Crippen LogP contribution < -0.4 is 5.48 Å². The van der Waals surface area contributed by atoms with Crippen molar-refractivity contribution in [1.82, 2.24) is 15.4 Å². The van der Waals surface area contributed by atoms with Gasteiger partial charge in [0.15, 0.2) is 0 Å². The van der Waals surface area contributed by atoms with Gasteiger partial charge < -0.3 is 5.11 Å². The SMILES string of the molecule is CC(CCCO)CCCN1CCc2cc(C(=O)NO)cnc2C1. The van der Waals surface area contributed by atoms with Crippen LogP contribution in [0.25, 0.3) is 0 Å². The second-order valence-corrected chi connectivity index (χ2v) is 6.41. The Kier molecular flexibility index (Phi) is 6.95. The van der Waals surface area contributed by atoms with Crippen LogP contribution in [0.3, 0.4) is 0 Å². The maximum atomic E-state index is 11.4. The van der Waals surface area contributed by atoms with E-state index in [1.54, 1.807) is 5.48 Å². The van der Waals surface area contributed by atoms with Gasteiger partial charge in [0, 0.05) is 25.9 Å². The Hall–Kier alpha value is -1.50. The monoisotopic (exact) mass is 321 g/mol. The summed E-state index contributed by atoms with van der Waals surface area (Å²) in [7, 11) is 0. The second-order valence-electron chi connectivity index (χ2n) is 6.41. The highest BCUT2D eigenvalue weighted by atomic mass is 16.5. The van der Waals surface area contributed by atoms with Gasteiger partial charge in [-0.1, -0.05) is 6.92 Å². The van der Waals surface area contributed by atoms with Gasteiger partial charge in [-0.3, -0.25) is 19.9 Å². The molecule has 0 radical (unpaired) electrons. The minimum Gasteiger partial charge on any atom is -0.396 e. The van der Waals surface area contributed by atoms with Crippen LogP contribution in [0.2, 0.25) is 0 Å². The molecule has 1 atom stereocenters. The summed E-state index contributed by atoms with van der Waals surface area (Å²) in [5.41, 5.74) is 4.17. The van der Waals surface area contributed by atoms with Crippen LogP contribution in [-0.4, -0.2) is 45.8 Å². The number of carbonyl (C=O) groups is 1. The Morgan fingerprint density at radius 2 is 2.22 bits per heavy atom. The normalized spacial score (nSPS) is 16.0. The van der Waals surface area contributed by atoms with E-state index in [4.69, 9.17) is 10.3 Å². The number of hydroxylamine groups is 1. The Morgan fingerprint density at radius 3 is 2.96 bits per heavy atom. The quantitative estimate of drug-likeness (QED) is 0.502. The van der Waals surface area contributed by atoms with Crippen LogP contribution in [0, 0.1) is 5.92 Å². The maximum absolute atomic E-state index is 11.4. The summed E-state index contributed by atoms with van der Waals surface area (Å²) in [5, 5.41) is 17.5. The topological polar surface area (TPSA) is 85.7 Å². The van der Waals surface area contributed by atoms with Crippen molar-refractivity contribution in [3.8, 4) is 0 Å². The van der Waals surface area contributed by atoms with Crippen LogP contribution in [-0.2, 0) is 13.0 Å². The summed E-state index contributed by atoms with van der Waals surface area (Å²) in [4.78, 5) is 18.2. The van der Waals surface area contributed by atoms with Crippen molar-refractivity contribution in [1.29, 1.82) is 0 Å². The molecule has 0 aliphatic carbocycles. The first kappa shape index (κ1) is 17.8. The summed E-state index contributed by atoms with van der Waals surface area (Å²) >= 11 is 0. The number of aliphatic hydroxyl groups excluding tert-OH is 1. The third-order valence-corrected chi connectivity index (χ3v) is 4.52. The zero-order chi connectivity index (χ0) is 16.7. The van der Waals surface area contributed by atoms with E-state index in [0.717, 1.165) is 56.6 Å². The lowest BCUT2D eigenvalue weighted by molar-refractivity contribution is 0.0705. The fourth-order valence-electron chi connectivity index (χ4n) is 3.09. The molecule has 1 aromatic heterocycles. The third-order valence-electron chi connectivity index (χ3n) is 4.52. The van der Waals surface area contributed by atoms with Crippen LogP contribution in [0.4, 0.5) is 0 Å². The van der Waals surface area contributed by atoms with Crippen molar-refractivity contribution in [2.75, 3.05) is 19.7 Å². The van der Waals surface area contributed by atoms with Gasteiger partial charge in [-0.05, 0) is 56.2 Å². The lowest BCUT2D eigenvalue weighted by Crippen LogP contribution is -2.32. The van der Waals surface area contributed by atoms with Crippen LogP contribution >= 0.6 is 0 Å². The fourth-order valence-corrected chi connectivity index (χ4v) is 3.09.